The highest BCUT2D eigenvalue weighted by molar-refractivity contribution is 6.30. The fraction of sp³-hybridized carbons (Fsp3) is 0.176. The first-order valence-electron chi connectivity index (χ1n) is 6.56. The summed E-state index contributed by atoms with van der Waals surface area (Å²) < 4.78 is 0. The van der Waals surface area contributed by atoms with Gasteiger partial charge >= 0.3 is 0 Å². The monoisotopic (exact) mass is 304 g/mol. The van der Waals surface area contributed by atoms with Crippen LogP contribution < -0.4 is 0 Å². The Kier molecular flexibility index (Phi) is 3.10. The third kappa shape index (κ3) is 1.58. The first-order chi connectivity index (χ1) is 10.7. The standard InChI is InChI=1S/C17H9ClN4/c18-14-5-3-13(4-6-14)17(11-21)15(16(17,9-19)10-20)12-2-1-7-22-8-12/h1-8,15H/t15-,17-/m1/s1. The lowest BCUT2D eigenvalue weighted by molar-refractivity contribution is 0.742. The van der Waals surface area contributed by atoms with Crippen LogP contribution in [0.15, 0.2) is 48.8 Å². The number of rotatable bonds is 2. The molecule has 1 fully saturated rings. The van der Waals surface area contributed by atoms with Gasteiger partial charge < -0.3 is 0 Å². The summed E-state index contributed by atoms with van der Waals surface area (Å²) in [6, 6.07) is 16.6. The van der Waals surface area contributed by atoms with Crippen molar-refractivity contribution in [2.45, 2.75) is 11.3 Å². The SMILES string of the molecule is N#CC1(C#N)[C@@H](c2cccnc2)[C@@]1(C#N)c1ccc(Cl)cc1. The molecule has 2 atom stereocenters. The Labute approximate surface area is 132 Å². The molecule has 1 aliphatic rings. The summed E-state index contributed by atoms with van der Waals surface area (Å²) >= 11 is 5.89. The van der Waals surface area contributed by atoms with Gasteiger partial charge in [-0.25, -0.2) is 0 Å². The van der Waals surface area contributed by atoms with Crippen LogP contribution in [0.5, 0.6) is 0 Å². The van der Waals surface area contributed by atoms with Crippen LogP contribution in [-0.2, 0) is 5.41 Å². The lowest BCUT2D eigenvalue weighted by Gasteiger charge is -2.09. The van der Waals surface area contributed by atoms with E-state index in [-0.39, 0.29) is 0 Å². The number of benzene rings is 1. The lowest BCUT2D eigenvalue weighted by atomic mass is 9.88. The van der Waals surface area contributed by atoms with E-state index in [0.29, 0.717) is 16.1 Å². The topological polar surface area (TPSA) is 84.3 Å². The van der Waals surface area contributed by atoms with E-state index in [1.807, 2.05) is 0 Å². The Morgan fingerprint density at radius 1 is 1.00 bits per heavy atom. The minimum Gasteiger partial charge on any atom is -0.264 e. The Bertz CT molecular complexity index is 825. The second-order valence-corrected chi connectivity index (χ2v) is 5.61. The third-order valence-corrected chi connectivity index (χ3v) is 4.50. The number of hydrogen-bond donors (Lipinski definition) is 0. The van der Waals surface area contributed by atoms with Gasteiger partial charge in [0, 0.05) is 23.3 Å². The van der Waals surface area contributed by atoms with E-state index in [4.69, 9.17) is 11.6 Å². The van der Waals surface area contributed by atoms with Crippen molar-refractivity contribution in [1.82, 2.24) is 4.98 Å². The molecule has 1 saturated carbocycles. The van der Waals surface area contributed by atoms with Gasteiger partial charge in [0.2, 0.25) is 0 Å². The van der Waals surface area contributed by atoms with Crippen LogP contribution in [0, 0.1) is 39.4 Å². The summed E-state index contributed by atoms with van der Waals surface area (Å²) in [6.45, 7) is 0. The number of aromatic nitrogens is 1. The Morgan fingerprint density at radius 2 is 1.68 bits per heavy atom. The van der Waals surface area contributed by atoms with E-state index in [2.05, 4.69) is 23.2 Å². The van der Waals surface area contributed by atoms with E-state index in [9.17, 15) is 15.8 Å². The second kappa shape index (κ2) is 4.85. The van der Waals surface area contributed by atoms with Crippen LogP contribution in [0.1, 0.15) is 17.0 Å². The van der Waals surface area contributed by atoms with Gasteiger partial charge in [-0.15, -0.1) is 0 Å². The third-order valence-electron chi connectivity index (χ3n) is 4.25. The summed E-state index contributed by atoms with van der Waals surface area (Å²) in [5.41, 5.74) is -1.29. The summed E-state index contributed by atoms with van der Waals surface area (Å²) in [5, 5.41) is 29.5. The van der Waals surface area contributed by atoms with Crippen LogP contribution in [0.25, 0.3) is 0 Å². The molecule has 3 rings (SSSR count). The molecular formula is C17H9ClN4. The summed E-state index contributed by atoms with van der Waals surface area (Å²) in [6.07, 6.45) is 3.21. The van der Waals surface area contributed by atoms with E-state index in [1.165, 1.54) is 0 Å². The van der Waals surface area contributed by atoms with Gasteiger partial charge in [-0.2, -0.15) is 15.8 Å². The zero-order chi connectivity index (χ0) is 15.8. The molecule has 22 heavy (non-hydrogen) atoms. The zero-order valence-corrected chi connectivity index (χ0v) is 12.1. The molecule has 1 aliphatic carbocycles. The summed E-state index contributed by atoms with van der Waals surface area (Å²) in [4.78, 5) is 4.04. The predicted octanol–water partition coefficient (Wildman–Crippen LogP) is 3.33. The second-order valence-electron chi connectivity index (χ2n) is 5.18. The van der Waals surface area contributed by atoms with Gasteiger partial charge in [0.05, 0.1) is 18.2 Å². The first kappa shape index (κ1) is 14.1. The van der Waals surface area contributed by atoms with E-state index >= 15 is 0 Å². The largest absolute Gasteiger partial charge is 0.264 e. The zero-order valence-electron chi connectivity index (χ0n) is 11.4. The molecule has 0 saturated heterocycles. The molecule has 0 unspecified atom stereocenters. The number of nitriles is 3. The van der Waals surface area contributed by atoms with Gasteiger partial charge in [0.1, 0.15) is 5.41 Å². The average molecular weight is 305 g/mol. The molecule has 0 amide bonds. The minimum atomic E-state index is -1.42. The van der Waals surface area contributed by atoms with Gasteiger partial charge in [-0.3, -0.25) is 4.98 Å². The number of nitrogens with zero attached hydrogens (tertiary/aromatic N) is 4. The molecular weight excluding hydrogens is 296 g/mol. The molecule has 0 bridgehead atoms. The van der Waals surface area contributed by atoms with Crippen molar-refractivity contribution < 1.29 is 0 Å². The van der Waals surface area contributed by atoms with Crippen LogP contribution in [0.2, 0.25) is 5.02 Å². The highest BCUT2D eigenvalue weighted by Crippen LogP contribution is 2.73. The van der Waals surface area contributed by atoms with Crippen LogP contribution in [0.4, 0.5) is 0 Å². The van der Waals surface area contributed by atoms with Gasteiger partial charge in [0.15, 0.2) is 5.41 Å². The summed E-state index contributed by atoms with van der Waals surface area (Å²) in [7, 11) is 0. The van der Waals surface area contributed by atoms with Crippen LogP contribution in [0.3, 0.4) is 0 Å². The van der Waals surface area contributed by atoms with Crippen molar-refractivity contribution in [2.24, 2.45) is 5.41 Å². The van der Waals surface area contributed by atoms with Gasteiger partial charge in [0.25, 0.3) is 0 Å². The average Bonchev–Trinajstić information content (AvgIpc) is 3.20. The van der Waals surface area contributed by atoms with Crippen molar-refractivity contribution in [2.75, 3.05) is 0 Å². The molecule has 0 radical (unpaired) electrons. The highest BCUT2D eigenvalue weighted by atomic mass is 35.5. The van der Waals surface area contributed by atoms with Crippen molar-refractivity contribution in [3.63, 3.8) is 0 Å². The smallest absolute Gasteiger partial charge is 0.175 e. The Hall–Kier alpha value is -2.87. The quantitative estimate of drug-likeness (QED) is 0.851. The maximum Gasteiger partial charge on any atom is 0.175 e. The Balaban J connectivity index is 2.23. The molecule has 4 nitrogen and oxygen atoms in total. The number of pyridine rings is 1. The Morgan fingerprint density at radius 3 is 2.18 bits per heavy atom. The first-order valence-corrected chi connectivity index (χ1v) is 6.94. The lowest BCUT2D eigenvalue weighted by Crippen LogP contribution is -2.14. The molecule has 2 aromatic rings. The summed E-state index contributed by atoms with van der Waals surface area (Å²) in [5.74, 6) is -0.533. The highest BCUT2D eigenvalue weighted by Gasteiger charge is 2.81. The number of halogens is 1. The maximum atomic E-state index is 9.80. The van der Waals surface area contributed by atoms with Crippen molar-refractivity contribution >= 4 is 11.6 Å². The fourth-order valence-electron chi connectivity index (χ4n) is 3.18. The fourth-order valence-corrected chi connectivity index (χ4v) is 3.30. The molecule has 104 valence electrons. The molecule has 5 heteroatoms. The van der Waals surface area contributed by atoms with Crippen molar-refractivity contribution in [3.8, 4) is 18.2 Å². The van der Waals surface area contributed by atoms with Crippen LogP contribution >= 0.6 is 11.6 Å². The van der Waals surface area contributed by atoms with E-state index in [0.717, 1.165) is 0 Å². The molecule has 1 heterocycles. The molecule has 1 aromatic heterocycles. The van der Waals surface area contributed by atoms with E-state index < -0.39 is 16.7 Å². The van der Waals surface area contributed by atoms with Crippen molar-refractivity contribution in [3.05, 3.63) is 64.9 Å². The van der Waals surface area contributed by atoms with Crippen LogP contribution in [-0.4, -0.2) is 4.98 Å². The van der Waals surface area contributed by atoms with Crippen molar-refractivity contribution in [1.29, 1.82) is 15.8 Å². The minimum absolute atomic E-state index is 0.533. The predicted molar refractivity (Wildman–Crippen MR) is 79.4 cm³/mol. The number of hydrogen-bond acceptors (Lipinski definition) is 4. The van der Waals surface area contributed by atoms with Gasteiger partial charge in [-0.1, -0.05) is 29.8 Å². The molecule has 0 spiro atoms. The van der Waals surface area contributed by atoms with E-state index in [1.54, 1.807) is 48.8 Å². The van der Waals surface area contributed by atoms with Gasteiger partial charge in [-0.05, 0) is 29.3 Å². The maximum absolute atomic E-state index is 9.80. The molecule has 0 N–H and O–H groups in total. The normalized spacial score (nSPS) is 24.5. The molecule has 0 aliphatic heterocycles. The molecule has 1 aromatic carbocycles.